The number of ether oxygens (including phenoxy) is 1. The fourth-order valence-corrected chi connectivity index (χ4v) is 2.49. The summed E-state index contributed by atoms with van der Waals surface area (Å²) >= 11 is 0. The molecule has 132 valence electrons. The van der Waals surface area contributed by atoms with Gasteiger partial charge in [0, 0.05) is 12.1 Å². The number of nitrogens with one attached hydrogen (secondary N) is 1. The minimum atomic E-state index is -0.198. The first-order valence-electron chi connectivity index (χ1n) is 8.19. The third-order valence-corrected chi connectivity index (χ3v) is 3.91. The first kappa shape index (κ1) is 18.7. The lowest BCUT2D eigenvalue weighted by atomic mass is 10.1. The van der Waals surface area contributed by atoms with Crippen LogP contribution in [0.25, 0.3) is 0 Å². The highest BCUT2D eigenvalue weighted by atomic mass is 16.5. The summed E-state index contributed by atoms with van der Waals surface area (Å²) < 4.78 is 5.48. The molecular formula is C20H24N2O3. The Bertz CT molecular complexity index is 714. The van der Waals surface area contributed by atoms with E-state index in [0.717, 1.165) is 5.56 Å². The second kappa shape index (κ2) is 8.99. The number of hydrogen-bond donors (Lipinski definition) is 1. The van der Waals surface area contributed by atoms with Crippen molar-refractivity contribution in [2.75, 3.05) is 27.2 Å². The van der Waals surface area contributed by atoms with Gasteiger partial charge in [0.25, 0.3) is 5.91 Å². The number of benzene rings is 2. The van der Waals surface area contributed by atoms with E-state index in [1.807, 2.05) is 44.4 Å². The Labute approximate surface area is 148 Å². The van der Waals surface area contributed by atoms with Crippen molar-refractivity contribution in [1.29, 1.82) is 0 Å². The third kappa shape index (κ3) is 5.72. The summed E-state index contributed by atoms with van der Waals surface area (Å²) in [7, 11) is 3.96. The van der Waals surface area contributed by atoms with Crippen LogP contribution >= 0.6 is 0 Å². The van der Waals surface area contributed by atoms with E-state index in [2.05, 4.69) is 10.2 Å². The van der Waals surface area contributed by atoms with Gasteiger partial charge < -0.3 is 15.0 Å². The van der Waals surface area contributed by atoms with Gasteiger partial charge in [0.2, 0.25) is 0 Å². The van der Waals surface area contributed by atoms with Crippen molar-refractivity contribution in [3.05, 3.63) is 65.7 Å². The van der Waals surface area contributed by atoms with Gasteiger partial charge >= 0.3 is 0 Å². The van der Waals surface area contributed by atoms with Crippen molar-refractivity contribution in [3.8, 4) is 5.75 Å². The van der Waals surface area contributed by atoms with Crippen molar-refractivity contribution in [1.82, 2.24) is 10.2 Å². The number of rotatable bonds is 8. The van der Waals surface area contributed by atoms with E-state index < -0.39 is 0 Å². The second-order valence-electron chi connectivity index (χ2n) is 6.07. The van der Waals surface area contributed by atoms with Crippen LogP contribution in [0.3, 0.4) is 0 Å². The lowest BCUT2D eigenvalue weighted by molar-refractivity contribution is -0.123. The first-order valence-corrected chi connectivity index (χ1v) is 8.19. The Morgan fingerprint density at radius 3 is 2.44 bits per heavy atom. The number of ketones is 1. The van der Waals surface area contributed by atoms with Gasteiger partial charge in [0.1, 0.15) is 5.75 Å². The van der Waals surface area contributed by atoms with Crippen molar-refractivity contribution in [3.63, 3.8) is 0 Å². The fourth-order valence-electron chi connectivity index (χ4n) is 2.49. The number of carbonyl (C=O) groups is 2. The molecule has 0 fully saturated rings. The average molecular weight is 340 g/mol. The van der Waals surface area contributed by atoms with Crippen molar-refractivity contribution >= 4 is 11.7 Å². The molecule has 0 radical (unpaired) electrons. The summed E-state index contributed by atoms with van der Waals surface area (Å²) in [5.74, 6) is 0.276. The lowest BCUT2D eigenvalue weighted by Crippen LogP contribution is -2.36. The molecule has 0 spiro atoms. The largest absolute Gasteiger partial charge is 0.484 e. The minimum absolute atomic E-state index is 0.0356. The maximum Gasteiger partial charge on any atom is 0.258 e. The van der Waals surface area contributed by atoms with Gasteiger partial charge in [-0.25, -0.2) is 0 Å². The van der Waals surface area contributed by atoms with Gasteiger partial charge in [-0.3, -0.25) is 9.59 Å². The normalized spacial score (nSPS) is 11.8. The molecule has 1 atom stereocenters. The molecule has 0 bridgehead atoms. The van der Waals surface area contributed by atoms with Crippen LogP contribution in [0.4, 0.5) is 0 Å². The summed E-state index contributed by atoms with van der Waals surface area (Å²) in [6, 6.07) is 16.9. The predicted octanol–water partition coefficient (Wildman–Crippen LogP) is 2.69. The lowest BCUT2D eigenvalue weighted by Gasteiger charge is -2.25. The van der Waals surface area contributed by atoms with Crippen LogP contribution in [0.2, 0.25) is 0 Å². The molecule has 1 N–H and O–H groups in total. The molecule has 0 heterocycles. The molecule has 0 aliphatic carbocycles. The quantitative estimate of drug-likeness (QED) is 0.751. The van der Waals surface area contributed by atoms with Gasteiger partial charge in [0.05, 0.1) is 6.04 Å². The smallest absolute Gasteiger partial charge is 0.258 e. The molecule has 0 aromatic heterocycles. The molecule has 0 saturated heterocycles. The summed E-state index contributed by atoms with van der Waals surface area (Å²) in [6.07, 6.45) is 0. The Kier molecular flexibility index (Phi) is 6.71. The summed E-state index contributed by atoms with van der Waals surface area (Å²) in [5.41, 5.74) is 1.71. The van der Waals surface area contributed by atoms with E-state index >= 15 is 0 Å². The molecule has 0 aliphatic heterocycles. The molecular weight excluding hydrogens is 316 g/mol. The molecule has 2 aromatic carbocycles. The van der Waals surface area contributed by atoms with E-state index in [1.54, 1.807) is 24.3 Å². The Morgan fingerprint density at radius 2 is 1.80 bits per heavy atom. The van der Waals surface area contributed by atoms with Crippen LogP contribution in [0, 0.1) is 0 Å². The van der Waals surface area contributed by atoms with E-state index in [9.17, 15) is 9.59 Å². The number of carbonyl (C=O) groups excluding carboxylic acids is 2. The number of amides is 1. The van der Waals surface area contributed by atoms with Crippen LogP contribution in [-0.2, 0) is 4.79 Å². The van der Waals surface area contributed by atoms with Crippen LogP contribution in [0.5, 0.6) is 5.75 Å². The molecule has 2 rings (SSSR count). The number of Topliss-reactive ketones (excluding diaryl/α,β-unsaturated/α-hetero) is 1. The van der Waals surface area contributed by atoms with Gasteiger partial charge in [-0.15, -0.1) is 0 Å². The molecule has 5 heteroatoms. The zero-order valence-electron chi connectivity index (χ0n) is 14.9. The highest BCUT2D eigenvalue weighted by Crippen LogP contribution is 2.17. The predicted molar refractivity (Wildman–Crippen MR) is 97.8 cm³/mol. The first-order chi connectivity index (χ1) is 12.0. The SMILES string of the molecule is CC(=O)c1cccc(OCC(=O)NCC(c2ccccc2)N(C)C)c1. The topological polar surface area (TPSA) is 58.6 Å². The summed E-state index contributed by atoms with van der Waals surface area (Å²) in [4.78, 5) is 25.5. The molecule has 0 aliphatic rings. The maximum atomic E-state index is 12.1. The van der Waals surface area contributed by atoms with Gasteiger partial charge in [-0.05, 0) is 38.7 Å². The highest BCUT2D eigenvalue weighted by molar-refractivity contribution is 5.94. The van der Waals surface area contributed by atoms with Crippen LogP contribution in [0.15, 0.2) is 54.6 Å². The zero-order valence-corrected chi connectivity index (χ0v) is 14.9. The van der Waals surface area contributed by atoms with Gasteiger partial charge in [-0.2, -0.15) is 0 Å². The van der Waals surface area contributed by atoms with Crippen LogP contribution < -0.4 is 10.1 Å². The fraction of sp³-hybridized carbons (Fsp3) is 0.300. The minimum Gasteiger partial charge on any atom is -0.484 e. The van der Waals surface area contributed by atoms with Gasteiger partial charge in [0.15, 0.2) is 12.4 Å². The Morgan fingerprint density at radius 1 is 1.08 bits per heavy atom. The standard InChI is InChI=1S/C20H24N2O3/c1-15(23)17-10-7-11-18(12-17)25-14-20(24)21-13-19(22(2)3)16-8-5-4-6-9-16/h4-12,19H,13-14H2,1-3H3,(H,21,24). The highest BCUT2D eigenvalue weighted by Gasteiger charge is 2.15. The Hall–Kier alpha value is -2.66. The molecule has 25 heavy (non-hydrogen) atoms. The average Bonchev–Trinajstić information content (AvgIpc) is 2.61. The number of likely N-dealkylation sites (N-methyl/N-ethyl adjacent to an activating group) is 1. The number of hydrogen-bond acceptors (Lipinski definition) is 4. The number of nitrogens with zero attached hydrogens (tertiary/aromatic N) is 1. The molecule has 2 aromatic rings. The second-order valence-corrected chi connectivity index (χ2v) is 6.07. The monoisotopic (exact) mass is 340 g/mol. The van der Waals surface area contributed by atoms with E-state index in [1.165, 1.54) is 6.92 Å². The van der Waals surface area contributed by atoms with E-state index in [4.69, 9.17) is 4.74 Å². The molecule has 1 unspecified atom stereocenters. The Balaban J connectivity index is 1.87. The van der Waals surface area contributed by atoms with Crippen molar-refractivity contribution in [2.45, 2.75) is 13.0 Å². The molecule has 1 amide bonds. The third-order valence-electron chi connectivity index (χ3n) is 3.91. The molecule has 0 saturated carbocycles. The van der Waals surface area contributed by atoms with E-state index in [0.29, 0.717) is 17.9 Å². The molecule has 5 nitrogen and oxygen atoms in total. The summed E-state index contributed by atoms with van der Waals surface area (Å²) in [6.45, 7) is 1.90. The van der Waals surface area contributed by atoms with Crippen molar-refractivity contribution < 1.29 is 14.3 Å². The van der Waals surface area contributed by atoms with Crippen molar-refractivity contribution in [2.24, 2.45) is 0 Å². The van der Waals surface area contributed by atoms with Crippen LogP contribution in [-0.4, -0.2) is 43.8 Å². The van der Waals surface area contributed by atoms with Crippen LogP contribution in [0.1, 0.15) is 28.9 Å². The van der Waals surface area contributed by atoms with E-state index in [-0.39, 0.29) is 24.3 Å². The van der Waals surface area contributed by atoms with Gasteiger partial charge in [-0.1, -0.05) is 42.5 Å². The zero-order chi connectivity index (χ0) is 18.2. The maximum absolute atomic E-state index is 12.1. The summed E-state index contributed by atoms with van der Waals surface area (Å²) in [5, 5.41) is 2.90.